The van der Waals surface area contributed by atoms with Gasteiger partial charge in [0.25, 0.3) is 0 Å². The molecule has 3 rings (SSSR count). The lowest BCUT2D eigenvalue weighted by molar-refractivity contribution is -0.138. The molecule has 0 spiro atoms. The molecule has 0 aromatic heterocycles. The minimum Gasteiger partial charge on any atom is -0.339 e. The summed E-state index contributed by atoms with van der Waals surface area (Å²) in [5, 5.41) is 0. The molecule has 1 saturated heterocycles. The van der Waals surface area contributed by atoms with Crippen LogP contribution in [-0.4, -0.2) is 23.4 Å². The van der Waals surface area contributed by atoms with Crippen molar-refractivity contribution in [3.63, 3.8) is 0 Å². The standard InChI is InChI=1S/C18H31NO/c1-14(13-15-7-3-2-4-8-15)18(20)19-12-6-11-17(19)16-9-5-10-16/h14-17H,2-13H2,1H3/t14-,17-/m1/s1. The maximum absolute atomic E-state index is 12.8. The molecule has 0 N–H and O–H groups in total. The summed E-state index contributed by atoms with van der Waals surface area (Å²) in [5.41, 5.74) is 0. The van der Waals surface area contributed by atoms with Crippen LogP contribution in [-0.2, 0) is 4.79 Å². The molecule has 0 bridgehead atoms. The molecule has 1 amide bonds. The predicted molar refractivity (Wildman–Crippen MR) is 82.4 cm³/mol. The first-order chi connectivity index (χ1) is 9.75. The number of carbonyl (C=O) groups is 1. The average molecular weight is 277 g/mol. The molecule has 2 saturated carbocycles. The molecule has 1 heterocycles. The smallest absolute Gasteiger partial charge is 0.225 e. The third kappa shape index (κ3) is 3.04. The summed E-state index contributed by atoms with van der Waals surface area (Å²) in [4.78, 5) is 15.1. The molecule has 3 fully saturated rings. The van der Waals surface area contributed by atoms with Crippen molar-refractivity contribution in [1.29, 1.82) is 0 Å². The van der Waals surface area contributed by atoms with Crippen LogP contribution in [0.5, 0.6) is 0 Å². The van der Waals surface area contributed by atoms with Gasteiger partial charge in [0.05, 0.1) is 0 Å². The van der Waals surface area contributed by atoms with Crippen LogP contribution in [0.1, 0.15) is 77.6 Å². The number of hydrogen-bond acceptors (Lipinski definition) is 1. The second-order valence-electron chi connectivity index (χ2n) is 7.57. The van der Waals surface area contributed by atoms with Gasteiger partial charge < -0.3 is 4.90 Å². The zero-order valence-corrected chi connectivity index (χ0v) is 13.2. The van der Waals surface area contributed by atoms with E-state index >= 15 is 0 Å². The fourth-order valence-electron chi connectivity index (χ4n) is 4.69. The van der Waals surface area contributed by atoms with Gasteiger partial charge >= 0.3 is 0 Å². The zero-order valence-electron chi connectivity index (χ0n) is 13.2. The topological polar surface area (TPSA) is 20.3 Å². The van der Waals surface area contributed by atoms with E-state index in [-0.39, 0.29) is 5.92 Å². The molecule has 2 aliphatic carbocycles. The second kappa shape index (κ2) is 6.49. The van der Waals surface area contributed by atoms with Crippen molar-refractivity contribution in [2.45, 2.75) is 83.6 Å². The number of hydrogen-bond donors (Lipinski definition) is 0. The van der Waals surface area contributed by atoms with Crippen molar-refractivity contribution in [1.82, 2.24) is 4.90 Å². The summed E-state index contributed by atoms with van der Waals surface area (Å²) in [6.45, 7) is 3.22. The molecule has 20 heavy (non-hydrogen) atoms. The number of amides is 1. The van der Waals surface area contributed by atoms with Gasteiger partial charge in [-0.1, -0.05) is 45.4 Å². The molecule has 0 radical (unpaired) electrons. The Kier molecular flexibility index (Phi) is 4.68. The fourth-order valence-corrected chi connectivity index (χ4v) is 4.69. The van der Waals surface area contributed by atoms with Crippen molar-refractivity contribution in [3.05, 3.63) is 0 Å². The highest BCUT2D eigenvalue weighted by Gasteiger charge is 2.38. The van der Waals surface area contributed by atoms with Crippen molar-refractivity contribution < 1.29 is 4.79 Å². The van der Waals surface area contributed by atoms with Gasteiger partial charge in [0.2, 0.25) is 5.91 Å². The lowest BCUT2D eigenvalue weighted by Gasteiger charge is -2.38. The Balaban J connectivity index is 1.53. The van der Waals surface area contributed by atoms with Gasteiger partial charge in [-0.05, 0) is 43.9 Å². The van der Waals surface area contributed by atoms with Crippen molar-refractivity contribution >= 4 is 5.91 Å². The monoisotopic (exact) mass is 277 g/mol. The third-order valence-electron chi connectivity index (χ3n) is 6.11. The highest BCUT2D eigenvalue weighted by Crippen LogP contribution is 2.38. The zero-order chi connectivity index (χ0) is 13.9. The molecule has 2 nitrogen and oxygen atoms in total. The molecule has 2 heteroatoms. The summed E-state index contributed by atoms with van der Waals surface area (Å²) in [6, 6.07) is 0.602. The molecule has 2 atom stereocenters. The second-order valence-corrected chi connectivity index (χ2v) is 7.57. The normalized spacial score (nSPS) is 30.2. The maximum atomic E-state index is 12.8. The third-order valence-corrected chi connectivity index (χ3v) is 6.11. The Labute approximate surface area is 124 Å². The van der Waals surface area contributed by atoms with Crippen LogP contribution in [0, 0.1) is 17.8 Å². The number of nitrogens with zero attached hydrogens (tertiary/aromatic N) is 1. The quantitative estimate of drug-likeness (QED) is 0.746. The number of rotatable bonds is 4. The summed E-state index contributed by atoms with van der Waals surface area (Å²) in [6.07, 6.45) is 14.7. The van der Waals surface area contributed by atoms with E-state index in [1.165, 1.54) is 64.2 Å². The summed E-state index contributed by atoms with van der Waals surface area (Å²) in [7, 11) is 0. The average Bonchev–Trinajstić information content (AvgIpc) is 2.86. The van der Waals surface area contributed by atoms with Gasteiger partial charge in [0, 0.05) is 18.5 Å². The fraction of sp³-hybridized carbons (Fsp3) is 0.944. The highest BCUT2D eigenvalue weighted by atomic mass is 16.2. The maximum Gasteiger partial charge on any atom is 0.225 e. The van der Waals surface area contributed by atoms with Crippen LogP contribution in [0.4, 0.5) is 0 Å². The van der Waals surface area contributed by atoms with E-state index in [4.69, 9.17) is 0 Å². The number of carbonyl (C=O) groups excluding carboxylic acids is 1. The van der Waals surface area contributed by atoms with Gasteiger partial charge in [-0.15, -0.1) is 0 Å². The van der Waals surface area contributed by atoms with E-state index in [9.17, 15) is 4.79 Å². The Morgan fingerprint density at radius 2 is 1.75 bits per heavy atom. The van der Waals surface area contributed by atoms with E-state index in [0.29, 0.717) is 11.9 Å². The van der Waals surface area contributed by atoms with Crippen LogP contribution < -0.4 is 0 Å². The van der Waals surface area contributed by atoms with E-state index in [2.05, 4.69) is 11.8 Å². The van der Waals surface area contributed by atoms with Crippen molar-refractivity contribution in [3.8, 4) is 0 Å². The Morgan fingerprint density at radius 3 is 2.40 bits per heavy atom. The Bertz CT molecular complexity index is 330. The summed E-state index contributed by atoms with van der Waals surface area (Å²) in [5.74, 6) is 2.40. The predicted octanol–water partition coefficient (Wildman–Crippen LogP) is 4.38. The van der Waals surface area contributed by atoms with Crippen molar-refractivity contribution in [2.24, 2.45) is 17.8 Å². The van der Waals surface area contributed by atoms with Crippen LogP contribution >= 0.6 is 0 Å². The Morgan fingerprint density at radius 1 is 1.00 bits per heavy atom. The van der Waals surface area contributed by atoms with Crippen LogP contribution in [0.15, 0.2) is 0 Å². The molecular formula is C18H31NO. The summed E-state index contributed by atoms with van der Waals surface area (Å²) < 4.78 is 0. The molecule has 1 aliphatic heterocycles. The van der Waals surface area contributed by atoms with E-state index < -0.39 is 0 Å². The van der Waals surface area contributed by atoms with Crippen LogP contribution in [0.25, 0.3) is 0 Å². The summed E-state index contributed by atoms with van der Waals surface area (Å²) >= 11 is 0. The van der Waals surface area contributed by atoms with Crippen LogP contribution in [0.3, 0.4) is 0 Å². The lowest BCUT2D eigenvalue weighted by Crippen LogP contribution is -2.44. The minimum absolute atomic E-state index is 0.263. The van der Waals surface area contributed by atoms with Gasteiger partial charge in [0.15, 0.2) is 0 Å². The van der Waals surface area contributed by atoms with E-state index in [1.54, 1.807) is 0 Å². The van der Waals surface area contributed by atoms with Crippen molar-refractivity contribution in [2.75, 3.05) is 6.54 Å². The molecule has 0 aromatic rings. The largest absolute Gasteiger partial charge is 0.339 e. The molecule has 114 valence electrons. The molecule has 0 unspecified atom stereocenters. The first-order valence-electron chi connectivity index (χ1n) is 9.06. The van der Waals surface area contributed by atoms with Gasteiger partial charge in [-0.2, -0.15) is 0 Å². The Hall–Kier alpha value is -0.530. The first-order valence-corrected chi connectivity index (χ1v) is 9.06. The lowest BCUT2D eigenvalue weighted by atomic mass is 9.78. The van der Waals surface area contributed by atoms with Gasteiger partial charge in [0.1, 0.15) is 0 Å². The molecule has 0 aromatic carbocycles. The minimum atomic E-state index is 0.263. The highest BCUT2D eigenvalue weighted by molar-refractivity contribution is 5.79. The van der Waals surface area contributed by atoms with E-state index in [1.807, 2.05) is 0 Å². The molecule has 3 aliphatic rings. The number of likely N-dealkylation sites (tertiary alicyclic amines) is 1. The van der Waals surface area contributed by atoms with Gasteiger partial charge in [-0.25, -0.2) is 0 Å². The first kappa shape index (κ1) is 14.4. The molecular weight excluding hydrogens is 246 g/mol. The SMILES string of the molecule is C[C@H](CC1CCCCC1)C(=O)N1CCC[C@@H]1C1CCC1. The van der Waals surface area contributed by atoms with Crippen LogP contribution in [0.2, 0.25) is 0 Å². The van der Waals surface area contributed by atoms with Gasteiger partial charge in [-0.3, -0.25) is 4.79 Å². The van der Waals surface area contributed by atoms with E-state index in [0.717, 1.165) is 24.8 Å².